The molecule has 0 aliphatic carbocycles. The average Bonchev–Trinajstić information content (AvgIpc) is 2.59. The summed E-state index contributed by atoms with van der Waals surface area (Å²) in [5.74, 6) is -0.693. The van der Waals surface area contributed by atoms with Crippen molar-refractivity contribution in [3.05, 3.63) is 53.2 Å². The molecule has 0 saturated heterocycles. The fourth-order valence-electron chi connectivity index (χ4n) is 2.22. The minimum absolute atomic E-state index is 0.0357. The number of esters is 1. The van der Waals surface area contributed by atoms with Crippen LogP contribution >= 0.6 is 11.8 Å². The van der Waals surface area contributed by atoms with E-state index >= 15 is 0 Å². The Hall–Kier alpha value is -2.85. The maximum absolute atomic E-state index is 12.5. The number of benzene rings is 1. The van der Waals surface area contributed by atoms with Crippen molar-refractivity contribution in [2.75, 3.05) is 11.1 Å². The summed E-state index contributed by atoms with van der Waals surface area (Å²) in [7, 11) is 0. The lowest BCUT2D eigenvalue weighted by Crippen LogP contribution is -2.25. The van der Waals surface area contributed by atoms with Crippen molar-refractivity contribution in [1.82, 2.24) is 4.98 Å². The number of aromatic nitrogens is 1. The lowest BCUT2D eigenvalue weighted by atomic mass is 10.1. The summed E-state index contributed by atoms with van der Waals surface area (Å²) < 4.78 is 5.26. The van der Waals surface area contributed by atoms with E-state index in [2.05, 4.69) is 10.3 Å². The number of hydrogen-bond acceptors (Lipinski definition) is 6. The smallest absolute Gasteiger partial charge is 0.316 e. The number of ether oxygens (including phenoxy) is 1. The van der Waals surface area contributed by atoms with Gasteiger partial charge in [0.05, 0.1) is 22.6 Å². The largest absolute Gasteiger partial charge is 0.459 e. The van der Waals surface area contributed by atoms with Gasteiger partial charge in [0.25, 0.3) is 5.91 Å². The Balaban J connectivity index is 2.16. The summed E-state index contributed by atoms with van der Waals surface area (Å²) >= 11 is 1.12. The molecule has 1 N–H and O–H groups in total. The lowest BCUT2D eigenvalue weighted by molar-refractivity contribution is -0.151. The molecule has 0 radical (unpaired) electrons. The van der Waals surface area contributed by atoms with Crippen LogP contribution in [0.15, 0.2) is 41.4 Å². The van der Waals surface area contributed by atoms with E-state index in [4.69, 9.17) is 4.74 Å². The highest BCUT2D eigenvalue weighted by molar-refractivity contribution is 7.99. The van der Waals surface area contributed by atoms with E-state index in [0.29, 0.717) is 22.0 Å². The summed E-state index contributed by atoms with van der Waals surface area (Å²) in [6.45, 7) is 7.06. The maximum Gasteiger partial charge on any atom is 0.316 e. The second kappa shape index (κ2) is 8.69. The van der Waals surface area contributed by atoms with Crippen LogP contribution in [0.25, 0.3) is 0 Å². The molecular formula is C20H21N3O3S. The van der Waals surface area contributed by atoms with E-state index in [-0.39, 0.29) is 23.2 Å². The van der Waals surface area contributed by atoms with Crippen LogP contribution in [0.4, 0.5) is 5.69 Å². The molecule has 1 aromatic carbocycles. The number of aryl methyl sites for hydroxylation is 1. The van der Waals surface area contributed by atoms with Gasteiger partial charge in [-0.3, -0.25) is 9.59 Å². The zero-order valence-electron chi connectivity index (χ0n) is 15.7. The van der Waals surface area contributed by atoms with Crippen molar-refractivity contribution >= 4 is 29.3 Å². The topological polar surface area (TPSA) is 92.1 Å². The first kappa shape index (κ1) is 20.5. The number of nitrogens with zero attached hydrogens (tertiary/aromatic N) is 2. The van der Waals surface area contributed by atoms with Gasteiger partial charge in [-0.15, -0.1) is 0 Å². The Labute approximate surface area is 162 Å². The van der Waals surface area contributed by atoms with Crippen molar-refractivity contribution in [2.45, 2.75) is 38.3 Å². The van der Waals surface area contributed by atoms with E-state index in [1.54, 1.807) is 39.8 Å². The van der Waals surface area contributed by atoms with Gasteiger partial charge >= 0.3 is 5.97 Å². The molecule has 0 atom stereocenters. The highest BCUT2D eigenvalue weighted by Gasteiger charge is 2.19. The number of pyridine rings is 1. The minimum atomic E-state index is -0.571. The molecule has 2 rings (SSSR count). The van der Waals surface area contributed by atoms with Gasteiger partial charge in [-0.25, -0.2) is 4.98 Å². The number of anilines is 1. The van der Waals surface area contributed by atoms with Crippen LogP contribution in [0.2, 0.25) is 0 Å². The Morgan fingerprint density at radius 2 is 1.93 bits per heavy atom. The third kappa shape index (κ3) is 6.12. The second-order valence-electron chi connectivity index (χ2n) is 6.78. The van der Waals surface area contributed by atoms with Crippen LogP contribution in [0.1, 0.15) is 42.4 Å². The minimum Gasteiger partial charge on any atom is -0.459 e. The second-order valence-corrected chi connectivity index (χ2v) is 7.75. The van der Waals surface area contributed by atoms with Crippen molar-refractivity contribution in [1.29, 1.82) is 5.26 Å². The average molecular weight is 383 g/mol. The van der Waals surface area contributed by atoms with Gasteiger partial charge in [0, 0.05) is 5.69 Å². The monoisotopic (exact) mass is 383 g/mol. The van der Waals surface area contributed by atoms with E-state index in [1.807, 2.05) is 24.3 Å². The van der Waals surface area contributed by atoms with Crippen LogP contribution in [-0.4, -0.2) is 28.2 Å². The third-order valence-electron chi connectivity index (χ3n) is 3.32. The van der Waals surface area contributed by atoms with Crippen molar-refractivity contribution in [3.8, 4) is 6.07 Å². The molecule has 0 unspecified atom stereocenters. The molecule has 0 saturated carbocycles. The standard InChI is InChI=1S/C20H21N3O3S/c1-13-16(18(25)23-15-8-6-5-7-9-15)10-14(11-21)19(22-13)27-12-17(24)26-20(2,3)4/h5-10H,12H2,1-4H3,(H,23,25). The highest BCUT2D eigenvalue weighted by atomic mass is 32.2. The van der Waals surface area contributed by atoms with E-state index in [1.165, 1.54) is 6.07 Å². The fraction of sp³-hybridized carbons (Fsp3) is 0.300. The Morgan fingerprint density at radius 1 is 1.26 bits per heavy atom. The zero-order valence-corrected chi connectivity index (χ0v) is 16.5. The Bertz CT molecular complexity index is 884. The van der Waals surface area contributed by atoms with Crippen LogP contribution in [0.3, 0.4) is 0 Å². The quantitative estimate of drug-likeness (QED) is 0.621. The van der Waals surface area contributed by atoms with Gasteiger partial charge < -0.3 is 10.1 Å². The molecule has 0 spiro atoms. The van der Waals surface area contributed by atoms with Gasteiger partial charge in [-0.1, -0.05) is 30.0 Å². The van der Waals surface area contributed by atoms with Crippen molar-refractivity contribution < 1.29 is 14.3 Å². The fourth-order valence-corrected chi connectivity index (χ4v) is 3.00. The summed E-state index contributed by atoms with van der Waals surface area (Å²) in [6.07, 6.45) is 0. The Kier molecular flexibility index (Phi) is 6.59. The number of nitrogens with one attached hydrogen (secondary N) is 1. The molecule has 1 aromatic heterocycles. The predicted molar refractivity (Wildman–Crippen MR) is 105 cm³/mol. The van der Waals surface area contributed by atoms with Gasteiger partial charge in [-0.05, 0) is 45.9 Å². The number of para-hydroxylation sites is 1. The van der Waals surface area contributed by atoms with Crippen LogP contribution in [0, 0.1) is 18.3 Å². The first-order chi connectivity index (χ1) is 12.7. The lowest BCUT2D eigenvalue weighted by Gasteiger charge is -2.19. The molecule has 1 heterocycles. The molecule has 0 fully saturated rings. The van der Waals surface area contributed by atoms with E-state index in [9.17, 15) is 14.9 Å². The van der Waals surface area contributed by atoms with Gasteiger partial charge in [0.15, 0.2) is 0 Å². The number of thioether (sulfide) groups is 1. The van der Waals surface area contributed by atoms with Crippen molar-refractivity contribution in [2.24, 2.45) is 0 Å². The number of carbonyl (C=O) groups excluding carboxylic acids is 2. The molecule has 0 bridgehead atoms. The molecule has 0 aliphatic rings. The van der Waals surface area contributed by atoms with Crippen LogP contribution in [-0.2, 0) is 9.53 Å². The summed E-state index contributed by atoms with van der Waals surface area (Å²) in [6, 6.07) is 12.6. The molecular weight excluding hydrogens is 362 g/mol. The number of hydrogen-bond donors (Lipinski definition) is 1. The maximum atomic E-state index is 12.5. The Morgan fingerprint density at radius 3 is 2.52 bits per heavy atom. The molecule has 27 heavy (non-hydrogen) atoms. The summed E-state index contributed by atoms with van der Waals surface area (Å²) in [5, 5.41) is 12.6. The van der Waals surface area contributed by atoms with E-state index < -0.39 is 5.60 Å². The number of rotatable bonds is 5. The van der Waals surface area contributed by atoms with Gasteiger partial charge in [0.2, 0.25) is 0 Å². The molecule has 1 amide bonds. The summed E-state index contributed by atoms with van der Waals surface area (Å²) in [4.78, 5) is 28.7. The van der Waals surface area contributed by atoms with Crippen LogP contribution in [0.5, 0.6) is 0 Å². The zero-order chi connectivity index (χ0) is 20.0. The molecule has 140 valence electrons. The van der Waals surface area contributed by atoms with Crippen molar-refractivity contribution in [3.63, 3.8) is 0 Å². The van der Waals surface area contributed by atoms with Gasteiger partial charge in [0.1, 0.15) is 16.7 Å². The van der Waals surface area contributed by atoms with E-state index in [0.717, 1.165) is 11.8 Å². The third-order valence-corrected chi connectivity index (χ3v) is 4.29. The highest BCUT2D eigenvalue weighted by Crippen LogP contribution is 2.24. The number of nitriles is 1. The molecule has 0 aliphatic heterocycles. The predicted octanol–water partition coefficient (Wildman–Crippen LogP) is 3.95. The normalized spacial score (nSPS) is 10.8. The number of amides is 1. The molecule has 7 heteroatoms. The first-order valence-electron chi connectivity index (χ1n) is 8.32. The molecule has 2 aromatic rings. The number of carbonyl (C=O) groups is 2. The van der Waals surface area contributed by atoms with Crippen LogP contribution < -0.4 is 5.32 Å². The SMILES string of the molecule is Cc1nc(SCC(=O)OC(C)(C)C)c(C#N)cc1C(=O)Nc1ccccc1. The molecule has 6 nitrogen and oxygen atoms in total. The van der Waals surface area contributed by atoms with Gasteiger partial charge in [-0.2, -0.15) is 5.26 Å². The first-order valence-corrected chi connectivity index (χ1v) is 9.31. The summed E-state index contributed by atoms with van der Waals surface area (Å²) in [5.41, 5.74) is 1.13.